The van der Waals surface area contributed by atoms with Crippen molar-refractivity contribution >= 4 is 35.3 Å². The molecule has 5 heteroatoms. The van der Waals surface area contributed by atoms with Gasteiger partial charge >= 0.3 is 0 Å². The summed E-state index contributed by atoms with van der Waals surface area (Å²) in [7, 11) is 0. The molecule has 3 rings (SSSR count). The van der Waals surface area contributed by atoms with Crippen molar-refractivity contribution in [3.63, 3.8) is 0 Å². The van der Waals surface area contributed by atoms with Crippen molar-refractivity contribution in [1.29, 1.82) is 0 Å². The van der Waals surface area contributed by atoms with Gasteiger partial charge in [0.25, 0.3) is 11.8 Å². The molecule has 0 bridgehead atoms. The molecule has 2 amide bonds. The monoisotopic (exact) mass is 269 g/mol. The first-order valence-corrected chi connectivity index (χ1v) is 8.14. The second-order valence-electron chi connectivity index (χ2n) is 4.63. The lowest BCUT2D eigenvalue weighted by molar-refractivity contribution is -0.140. The minimum atomic E-state index is -0.0194. The molecule has 0 radical (unpaired) electrons. The Morgan fingerprint density at radius 2 is 1.41 bits per heavy atom. The standard InChI is InChI=1S/C12H15NO2S2/c14-11-9-10(17-7-6-16-9)12(15)13(11)8-4-2-1-3-5-8/h8H,1-7H2. The molecule has 0 saturated heterocycles. The minimum absolute atomic E-state index is 0.0194. The van der Waals surface area contributed by atoms with Crippen LogP contribution in [0, 0.1) is 0 Å². The predicted octanol–water partition coefficient (Wildman–Crippen LogP) is 2.38. The van der Waals surface area contributed by atoms with Gasteiger partial charge in [-0.25, -0.2) is 0 Å². The van der Waals surface area contributed by atoms with Crippen LogP contribution in [0.1, 0.15) is 32.1 Å². The van der Waals surface area contributed by atoms with Gasteiger partial charge < -0.3 is 0 Å². The number of amides is 2. The van der Waals surface area contributed by atoms with E-state index in [1.54, 1.807) is 28.4 Å². The van der Waals surface area contributed by atoms with Crippen LogP contribution in [0.4, 0.5) is 0 Å². The van der Waals surface area contributed by atoms with Crippen LogP contribution in [0.25, 0.3) is 0 Å². The van der Waals surface area contributed by atoms with Gasteiger partial charge in [0, 0.05) is 17.5 Å². The average molecular weight is 269 g/mol. The SMILES string of the molecule is O=C1C2=C(SCCS2)C(=O)N1C1CCCCC1. The highest BCUT2D eigenvalue weighted by Gasteiger charge is 2.43. The fourth-order valence-electron chi connectivity index (χ4n) is 2.72. The van der Waals surface area contributed by atoms with Crippen LogP contribution in [0.5, 0.6) is 0 Å². The summed E-state index contributed by atoms with van der Waals surface area (Å²) in [6.45, 7) is 0. The molecular weight excluding hydrogens is 254 g/mol. The van der Waals surface area contributed by atoms with Crippen LogP contribution < -0.4 is 0 Å². The summed E-state index contributed by atoms with van der Waals surface area (Å²) < 4.78 is 0. The highest BCUT2D eigenvalue weighted by atomic mass is 32.2. The number of carbonyl (C=O) groups excluding carboxylic acids is 2. The summed E-state index contributed by atoms with van der Waals surface area (Å²) >= 11 is 3.12. The van der Waals surface area contributed by atoms with E-state index >= 15 is 0 Å². The molecule has 0 spiro atoms. The Bertz CT molecular complexity index is 371. The molecule has 2 heterocycles. The largest absolute Gasteiger partial charge is 0.270 e. The summed E-state index contributed by atoms with van der Waals surface area (Å²) in [5.41, 5.74) is 0. The Hall–Kier alpha value is -0.420. The predicted molar refractivity (Wildman–Crippen MR) is 70.7 cm³/mol. The molecule has 1 aliphatic carbocycles. The fraction of sp³-hybridized carbons (Fsp3) is 0.667. The quantitative estimate of drug-likeness (QED) is 0.685. The molecule has 0 N–H and O–H groups in total. The first-order valence-electron chi connectivity index (χ1n) is 6.17. The van der Waals surface area contributed by atoms with Crippen LogP contribution in [0.3, 0.4) is 0 Å². The highest BCUT2D eigenvalue weighted by molar-refractivity contribution is 8.11. The Morgan fingerprint density at radius 1 is 0.882 bits per heavy atom. The summed E-state index contributed by atoms with van der Waals surface area (Å²) in [4.78, 5) is 27.5. The van der Waals surface area contributed by atoms with E-state index in [1.807, 2.05) is 0 Å². The number of rotatable bonds is 1. The summed E-state index contributed by atoms with van der Waals surface area (Å²) in [5, 5.41) is 0. The molecule has 0 aromatic carbocycles. The van der Waals surface area contributed by atoms with E-state index in [0.29, 0.717) is 0 Å². The van der Waals surface area contributed by atoms with Crippen molar-refractivity contribution in [1.82, 2.24) is 4.90 Å². The molecule has 3 aliphatic rings. The molecule has 92 valence electrons. The number of thioether (sulfide) groups is 2. The third kappa shape index (κ3) is 1.93. The zero-order valence-corrected chi connectivity index (χ0v) is 11.2. The van der Waals surface area contributed by atoms with Crippen LogP contribution >= 0.6 is 23.5 Å². The second-order valence-corrected chi connectivity index (χ2v) is 6.84. The van der Waals surface area contributed by atoms with Gasteiger partial charge in [0.05, 0.1) is 9.81 Å². The summed E-state index contributed by atoms with van der Waals surface area (Å²) in [6.07, 6.45) is 5.52. The fourth-order valence-corrected chi connectivity index (χ4v) is 5.03. The average Bonchev–Trinajstić information content (AvgIpc) is 2.64. The lowest BCUT2D eigenvalue weighted by Gasteiger charge is -2.29. The van der Waals surface area contributed by atoms with Crippen molar-refractivity contribution in [2.24, 2.45) is 0 Å². The maximum absolute atomic E-state index is 12.3. The van der Waals surface area contributed by atoms with Gasteiger partial charge in [-0.15, -0.1) is 23.5 Å². The topological polar surface area (TPSA) is 37.4 Å². The van der Waals surface area contributed by atoms with E-state index in [1.165, 1.54) is 6.42 Å². The van der Waals surface area contributed by atoms with E-state index in [4.69, 9.17) is 0 Å². The molecule has 0 aromatic rings. The number of nitrogens with zero attached hydrogens (tertiary/aromatic N) is 1. The zero-order chi connectivity index (χ0) is 11.8. The lowest BCUT2D eigenvalue weighted by atomic mass is 9.94. The van der Waals surface area contributed by atoms with Crippen molar-refractivity contribution in [2.45, 2.75) is 38.1 Å². The molecule has 3 nitrogen and oxygen atoms in total. The van der Waals surface area contributed by atoms with Crippen LogP contribution in [0.15, 0.2) is 9.81 Å². The van der Waals surface area contributed by atoms with Gasteiger partial charge in [-0.2, -0.15) is 0 Å². The van der Waals surface area contributed by atoms with E-state index in [0.717, 1.165) is 47.0 Å². The van der Waals surface area contributed by atoms with Gasteiger partial charge in [-0.05, 0) is 12.8 Å². The summed E-state index contributed by atoms with van der Waals surface area (Å²) in [5.74, 6) is 1.85. The third-order valence-corrected chi connectivity index (χ3v) is 6.09. The molecule has 1 fully saturated rings. The number of imide groups is 1. The zero-order valence-electron chi connectivity index (χ0n) is 9.61. The van der Waals surface area contributed by atoms with Gasteiger partial charge in [-0.3, -0.25) is 14.5 Å². The molecule has 0 atom stereocenters. The Balaban J connectivity index is 1.84. The van der Waals surface area contributed by atoms with Gasteiger partial charge in [0.1, 0.15) is 0 Å². The second kappa shape index (κ2) is 4.69. The van der Waals surface area contributed by atoms with Gasteiger partial charge in [0.15, 0.2) is 0 Å². The first kappa shape index (κ1) is 11.7. The van der Waals surface area contributed by atoms with Gasteiger partial charge in [0.2, 0.25) is 0 Å². The maximum Gasteiger partial charge on any atom is 0.268 e. The Morgan fingerprint density at radius 3 is 1.94 bits per heavy atom. The van der Waals surface area contributed by atoms with Crippen molar-refractivity contribution in [3.8, 4) is 0 Å². The van der Waals surface area contributed by atoms with Crippen molar-refractivity contribution in [3.05, 3.63) is 9.81 Å². The van der Waals surface area contributed by atoms with Crippen molar-refractivity contribution in [2.75, 3.05) is 11.5 Å². The molecule has 2 aliphatic heterocycles. The molecule has 0 aromatic heterocycles. The molecular formula is C12H15NO2S2. The molecule has 0 unspecified atom stereocenters. The number of carbonyl (C=O) groups is 2. The lowest BCUT2D eigenvalue weighted by Crippen LogP contribution is -2.41. The van der Waals surface area contributed by atoms with E-state index in [2.05, 4.69) is 0 Å². The van der Waals surface area contributed by atoms with E-state index < -0.39 is 0 Å². The van der Waals surface area contributed by atoms with Crippen molar-refractivity contribution < 1.29 is 9.59 Å². The minimum Gasteiger partial charge on any atom is -0.270 e. The maximum atomic E-state index is 12.3. The first-order chi connectivity index (χ1) is 8.29. The smallest absolute Gasteiger partial charge is 0.268 e. The van der Waals surface area contributed by atoms with Crippen LogP contribution in [0.2, 0.25) is 0 Å². The normalized spacial score (nSPS) is 26.7. The molecule has 1 saturated carbocycles. The highest BCUT2D eigenvalue weighted by Crippen LogP contribution is 2.42. The Labute approximate surface area is 109 Å². The van der Waals surface area contributed by atoms with Crippen LogP contribution in [-0.2, 0) is 9.59 Å². The number of hydrogen-bond donors (Lipinski definition) is 0. The van der Waals surface area contributed by atoms with E-state index in [-0.39, 0.29) is 17.9 Å². The van der Waals surface area contributed by atoms with Crippen LogP contribution in [-0.4, -0.2) is 34.3 Å². The number of hydrogen-bond acceptors (Lipinski definition) is 4. The summed E-state index contributed by atoms with van der Waals surface area (Å²) in [6, 6.07) is 0.163. The third-order valence-electron chi connectivity index (χ3n) is 3.55. The van der Waals surface area contributed by atoms with Gasteiger partial charge in [-0.1, -0.05) is 19.3 Å². The molecule has 17 heavy (non-hydrogen) atoms. The van der Waals surface area contributed by atoms with E-state index in [9.17, 15) is 9.59 Å². The Kier molecular flexibility index (Phi) is 3.21.